The van der Waals surface area contributed by atoms with E-state index < -0.39 is 11.9 Å². The zero-order valence-electron chi connectivity index (χ0n) is 16.2. The number of amides is 1. The van der Waals surface area contributed by atoms with E-state index >= 15 is 0 Å². The quantitative estimate of drug-likeness (QED) is 0.512. The lowest BCUT2D eigenvalue weighted by Gasteiger charge is -2.10. The SMILES string of the molecule is CCc1ccc(OCC(=O)N/N=C(/C)c2ccc(OC)c(CC(=O)O)c2)cc1. The maximum absolute atomic E-state index is 11.9. The Morgan fingerprint density at radius 2 is 1.86 bits per heavy atom. The van der Waals surface area contributed by atoms with Gasteiger partial charge in [-0.15, -0.1) is 0 Å². The maximum Gasteiger partial charge on any atom is 0.307 e. The van der Waals surface area contributed by atoms with Gasteiger partial charge < -0.3 is 14.6 Å². The highest BCUT2D eigenvalue weighted by Crippen LogP contribution is 2.21. The smallest absolute Gasteiger partial charge is 0.307 e. The first-order valence-corrected chi connectivity index (χ1v) is 8.86. The summed E-state index contributed by atoms with van der Waals surface area (Å²) in [6, 6.07) is 12.7. The molecule has 0 heterocycles. The van der Waals surface area contributed by atoms with E-state index in [9.17, 15) is 9.59 Å². The number of carboxylic acid groups (broad SMARTS) is 1. The van der Waals surface area contributed by atoms with Gasteiger partial charge in [-0.2, -0.15) is 5.10 Å². The van der Waals surface area contributed by atoms with E-state index in [0.29, 0.717) is 28.3 Å². The Hall–Kier alpha value is -3.35. The van der Waals surface area contributed by atoms with Crippen LogP contribution in [0.5, 0.6) is 11.5 Å². The van der Waals surface area contributed by atoms with Gasteiger partial charge in [0.1, 0.15) is 11.5 Å². The Bertz CT molecular complexity index is 860. The molecule has 28 heavy (non-hydrogen) atoms. The number of rotatable bonds is 9. The molecule has 0 saturated heterocycles. The fourth-order valence-electron chi connectivity index (χ4n) is 2.52. The van der Waals surface area contributed by atoms with Crippen molar-refractivity contribution in [3.05, 3.63) is 59.2 Å². The van der Waals surface area contributed by atoms with Gasteiger partial charge >= 0.3 is 5.97 Å². The number of carbonyl (C=O) groups excluding carboxylic acids is 1. The molecule has 7 nitrogen and oxygen atoms in total. The van der Waals surface area contributed by atoms with Crippen LogP contribution >= 0.6 is 0 Å². The molecular formula is C21H24N2O5. The summed E-state index contributed by atoms with van der Waals surface area (Å²) in [5, 5.41) is 13.1. The highest BCUT2D eigenvalue weighted by Gasteiger charge is 2.10. The number of carboxylic acids is 1. The average molecular weight is 384 g/mol. The Kier molecular flexibility index (Phi) is 7.56. The third-order valence-electron chi connectivity index (χ3n) is 4.09. The molecule has 0 bridgehead atoms. The van der Waals surface area contributed by atoms with Crippen LogP contribution in [0.1, 0.15) is 30.5 Å². The fraction of sp³-hybridized carbons (Fsp3) is 0.286. The summed E-state index contributed by atoms with van der Waals surface area (Å²) in [7, 11) is 1.48. The van der Waals surface area contributed by atoms with Crippen molar-refractivity contribution in [3.63, 3.8) is 0 Å². The molecule has 0 aliphatic carbocycles. The molecule has 2 aromatic rings. The summed E-state index contributed by atoms with van der Waals surface area (Å²) >= 11 is 0. The number of benzene rings is 2. The number of nitrogens with one attached hydrogen (secondary N) is 1. The Labute approximate surface area is 164 Å². The predicted octanol–water partition coefficient (Wildman–Crippen LogP) is 2.80. The summed E-state index contributed by atoms with van der Waals surface area (Å²) < 4.78 is 10.6. The summed E-state index contributed by atoms with van der Waals surface area (Å²) in [6.45, 7) is 3.63. The minimum absolute atomic E-state index is 0.158. The van der Waals surface area contributed by atoms with Crippen LogP contribution < -0.4 is 14.9 Å². The first-order chi connectivity index (χ1) is 13.4. The van der Waals surface area contributed by atoms with E-state index in [1.54, 1.807) is 25.1 Å². The molecule has 0 fully saturated rings. The summed E-state index contributed by atoms with van der Waals surface area (Å²) in [5.74, 6) is -0.243. The molecule has 0 aliphatic heterocycles. The molecule has 2 N–H and O–H groups in total. The highest BCUT2D eigenvalue weighted by atomic mass is 16.5. The Balaban J connectivity index is 1.96. The van der Waals surface area contributed by atoms with Crippen molar-refractivity contribution in [2.45, 2.75) is 26.7 Å². The first-order valence-electron chi connectivity index (χ1n) is 8.86. The highest BCUT2D eigenvalue weighted by molar-refractivity contribution is 5.99. The predicted molar refractivity (Wildman–Crippen MR) is 106 cm³/mol. The second-order valence-corrected chi connectivity index (χ2v) is 6.12. The molecular weight excluding hydrogens is 360 g/mol. The third kappa shape index (κ3) is 6.12. The summed E-state index contributed by atoms with van der Waals surface area (Å²) in [6.07, 6.45) is 0.773. The van der Waals surface area contributed by atoms with E-state index in [4.69, 9.17) is 14.6 Å². The lowest BCUT2D eigenvalue weighted by Crippen LogP contribution is -2.25. The Morgan fingerprint density at radius 1 is 1.14 bits per heavy atom. The van der Waals surface area contributed by atoms with Gasteiger partial charge in [0.15, 0.2) is 6.61 Å². The molecule has 0 aromatic heterocycles. The van der Waals surface area contributed by atoms with Crippen LogP contribution in [0.2, 0.25) is 0 Å². The number of hydrazone groups is 1. The van der Waals surface area contributed by atoms with Gasteiger partial charge in [-0.25, -0.2) is 5.43 Å². The number of methoxy groups -OCH3 is 1. The molecule has 0 spiro atoms. The van der Waals surface area contributed by atoms with Gasteiger partial charge in [0.25, 0.3) is 5.91 Å². The molecule has 0 radical (unpaired) electrons. The number of aryl methyl sites for hydroxylation is 1. The zero-order valence-corrected chi connectivity index (χ0v) is 16.2. The fourth-order valence-corrected chi connectivity index (χ4v) is 2.52. The van der Waals surface area contributed by atoms with Crippen LogP contribution in [0.4, 0.5) is 0 Å². The van der Waals surface area contributed by atoms with Crippen molar-refractivity contribution in [2.24, 2.45) is 5.10 Å². The van der Waals surface area contributed by atoms with Crippen molar-refractivity contribution >= 4 is 17.6 Å². The van der Waals surface area contributed by atoms with E-state index in [2.05, 4.69) is 17.5 Å². The van der Waals surface area contributed by atoms with Gasteiger partial charge in [-0.05, 0) is 54.8 Å². The molecule has 7 heteroatoms. The number of ether oxygens (including phenoxy) is 2. The maximum atomic E-state index is 11.9. The van der Waals surface area contributed by atoms with Crippen molar-refractivity contribution < 1.29 is 24.2 Å². The van der Waals surface area contributed by atoms with Crippen LogP contribution in [0.25, 0.3) is 0 Å². The van der Waals surface area contributed by atoms with E-state index in [0.717, 1.165) is 6.42 Å². The molecule has 0 atom stereocenters. The van der Waals surface area contributed by atoms with Crippen LogP contribution in [-0.4, -0.2) is 36.4 Å². The monoisotopic (exact) mass is 384 g/mol. The normalized spacial score (nSPS) is 11.0. The molecule has 0 unspecified atom stereocenters. The van der Waals surface area contributed by atoms with Gasteiger partial charge in [0, 0.05) is 5.56 Å². The number of hydrogen-bond donors (Lipinski definition) is 2. The summed E-state index contributed by atoms with van der Waals surface area (Å²) in [5.41, 5.74) is 5.39. The molecule has 1 amide bonds. The minimum atomic E-state index is -0.956. The van der Waals surface area contributed by atoms with Crippen molar-refractivity contribution in [1.82, 2.24) is 5.43 Å². The van der Waals surface area contributed by atoms with Crippen LogP contribution in [0.15, 0.2) is 47.6 Å². The molecule has 0 aliphatic rings. The zero-order chi connectivity index (χ0) is 20.5. The summed E-state index contributed by atoms with van der Waals surface area (Å²) in [4.78, 5) is 22.9. The molecule has 148 valence electrons. The second-order valence-electron chi connectivity index (χ2n) is 6.12. The van der Waals surface area contributed by atoms with Crippen LogP contribution in [0.3, 0.4) is 0 Å². The lowest BCUT2D eigenvalue weighted by atomic mass is 10.0. The van der Waals surface area contributed by atoms with Crippen LogP contribution in [-0.2, 0) is 22.4 Å². The first kappa shape index (κ1) is 21.0. The lowest BCUT2D eigenvalue weighted by molar-refractivity contribution is -0.136. The van der Waals surface area contributed by atoms with E-state index in [1.165, 1.54) is 12.7 Å². The van der Waals surface area contributed by atoms with E-state index in [-0.39, 0.29) is 13.0 Å². The standard InChI is InChI=1S/C21H24N2O5/c1-4-15-5-8-18(9-6-15)28-13-20(24)23-22-14(2)16-7-10-19(27-3)17(11-16)12-21(25)26/h5-11H,4,12-13H2,1-3H3,(H,23,24)(H,25,26)/b22-14-. The van der Waals surface area contributed by atoms with Crippen molar-refractivity contribution in [2.75, 3.05) is 13.7 Å². The number of carbonyl (C=O) groups is 2. The molecule has 0 saturated carbocycles. The van der Waals surface area contributed by atoms with Gasteiger partial charge in [-0.1, -0.05) is 19.1 Å². The second kappa shape index (κ2) is 10.1. The largest absolute Gasteiger partial charge is 0.496 e. The van der Waals surface area contributed by atoms with Gasteiger partial charge in [-0.3, -0.25) is 9.59 Å². The van der Waals surface area contributed by atoms with Crippen molar-refractivity contribution in [1.29, 1.82) is 0 Å². The number of aliphatic carboxylic acids is 1. The number of hydrogen-bond acceptors (Lipinski definition) is 5. The van der Waals surface area contributed by atoms with E-state index in [1.807, 2.05) is 24.3 Å². The minimum Gasteiger partial charge on any atom is -0.496 e. The average Bonchev–Trinajstić information content (AvgIpc) is 2.70. The Morgan fingerprint density at radius 3 is 2.46 bits per heavy atom. The molecule has 2 aromatic carbocycles. The van der Waals surface area contributed by atoms with Crippen molar-refractivity contribution in [3.8, 4) is 11.5 Å². The third-order valence-corrected chi connectivity index (χ3v) is 4.09. The van der Waals surface area contributed by atoms with Crippen LogP contribution in [0, 0.1) is 0 Å². The van der Waals surface area contributed by atoms with Gasteiger partial charge in [0.05, 0.1) is 19.2 Å². The molecule has 2 rings (SSSR count). The van der Waals surface area contributed by atoms with Gasteiger partial charge in [0.2, 0.25) is 0 Å². The number of nitrogens with zero attached hydrogens (tertiary/aromatic N) is 1. The topological polar surface area (TPSA) is 97.2 Å².